The average molecular weight is 311 g/mol. The lowest BCUT2D eigenvalue weighted by Crippen LogP contribution is -2.32. The van der Waals surface area contributed by atoms with E-state index in [1.54, 1.807) is 6.92 Å². The first-order chi connectivity index (χ1) is 15.7. The fourth-order valence-corrected chi connectivity index (χ4v) is 2.52. The largest absolute Gasteiger partial charge is 0.212 e. The van der Waals surface area contributed by atoms with Crippen LogP contribution in [0.1, 0.15) is 86.3 Å². The normalized spacial score (nSPS) is 28.5. The molecule has 0 fully saturated rings. The number of hydrogen-bond acceptors (Lipinski definition) is 0. The molecule has 0 radical (unpaired) electrons. The third kappa shape index (κ3) is 3.09. The highest BCUT2D eigenvalue weighted by Gasteiger charge is 2.19. The van der Waals surface area contributed by atoms with Crippen LogP contribution in [0.4, 0.5) is 0 Å². The van der Waals surface area contributed by atoms with Gasteiger partial charge in [-0.2, -0.15) is 0 Å². The van der Waals surface area contributed by atoms with E-state index >= 15 is 0 Å². The molecule has 22 heavy (non-hydrogen) atoms. The summed E-state index contributed by atoms with van der Waals surface area (Å²) in [5.41, 5.74) is -0.245. The van der Waals surface area contributed by atoms with Crippen molar-refractivity contribution in [2.45, 2.75) is 60.0 Å². The van der Waals surface area contributed by atoms with E-state index in [0.29, 0.717) is 5.56 Å². The van der Waals surface area contributed by atoms with Gasteiger partial charge in [-0.05, 0) is 60.7 Å². The molecule has 2 aromatic rings. The third-order valence-corrected chi connectivity index (χ3v) is 3.72. The number of hydrogen-bond donors (Lipinski definition) is 0. The van der Waals surface area contributed by atoms with E-state index in [-0.39, 0.29) is 33.5 Å². The smallest absolute Gasteiger partial charge is 0.201 e. The van der Waals surface area contributed by atoms with Gasteiger partial charge < -0.3 is 0 Å². The Labute approximate surface area is 155 Å². The molecule has 2 atom stereocenters. The van der Waals surface area contributed by atoms with E-state index < -0.39 is 39.2 Å². The Morgan fingerprint density at radius 2 is 1.59 bits per heavy atom. The van der Waals surface area contributed by atoms with Gasteiger partial charge in [0.25, 0.3) is 0 Å². The van der Waals surface area contributed by atoms with Crippen LogP contribution in [0, 0.1) is 20.6 Å². The zero-order valence-corrected chi connectivity index (χ0v) is 13.3. The van der Waals surface area contributed by atoms with E-state index in [9.17, 15) is 0 Å². The van der Waals surface area contributed by atoms with Crippen LogP contribution >= 0.6 is 0 Å². The van der Waals surface area contributed by atoms with Crippen LogP contribution in [0.15, 0.2) is 24.4 Å². The van der Waals surface area contributed by atoms with Gasteiger partial charge in [0.15, 0.2) is 6.20 Å². The lowest BCUT2D eigenvalue weighted by Gasteiger charge is -2.16. The molecule has 2 rings (SSSR count). The van der Waals surface area contributed by atoms with Gasteiger partial charge >= 0.3 is 0 Å². The maximum Gasteiger partial charge on any atom is 0.212 e. The standard InChI is InChI=1S/C21H30N/c1-13(2)18-10-20(16(6)9-15(18)5)21-11-19(14(3)4)17(7)12-22(21)8/h9-14H,1-8H3/q+1/i1D3,3D3,5D3,7D3,13D,14D. The van der Waals surface area contributed by atoms with Crippen LogP contribution in [-0.4, -0.2) is 0 Å². The SMILES string of the molecule is [2H]C([2H])([2H])c1cc(C)c(-c2cc(C([2H])(C)C([2H])([2H])[2H])c(C([2H])([2H])[2H])c[n+]2C)cc1C([2H])(C)C([2H])([2H])[2H]. The second-order valence-corrected chi connectivity index (χ2v) is 5.56. The summed E-state index contributed by atoms with van der Waals surface area (Å²) >= 11 is 0. The van der Waals surface area contributed by atoms with Crippen molar-refractivity contribution >= 4 is 0 Å². The number of aromatic nitrogens is 1. The Morgan fingerprint density at radius 1 is 0.955 bits per heavy atom. The monoisotopic (exact) mass is 310 g/mol. The molecule has 0 saturated heterocycles. The summed E-state index contributed by atoms with van der Waals surface area (Å²) in [5.74, 6) is -4.61. The second kappa shape index (κ2) is 6.24. The summed E-state index contributed by atoms with van der Waals surface area (Å²) in [5, 5.41) is 0. The molecular weight excluding hydrogens is 266 g/mol. The molecule has 0 aliphatic heterocycles. The molecule has 1 heterocycles. The van der Waals surface area contributed by atoms with Gasteiger partial charge in [0.2, 0.25) is 5.69 Å². The molecule has 1 nitrogen and oxygen atoms in total. The van der Waals surface area contributed by atoms with E-state index in [0.717, 1.165) is 13.8 Å². The van der Waals surface area contributed by atoms with Crippen LogP contribution in [0.2, 0.25) is 0 Å². The predicted octanol–water partition coefficient (Wildman–Crippen LogP) is 5.35. The summed E-state index contributed by atoms with van der Waals surface area (Å²) in [4.78, 5) is 0. The van der Waals surface area contributed by atoms with E-state index in [1.165, 1.54) is 36.0 Å². The molecule has 0 bridgehead atoms. The number of benzene rings is 1. The Morgan fingerprint density at radius 3 is 2.18 bits per heavy atom. The minimum absolute atomic E-state index is 0.234. The van der Waals surface area contributed by atoms with E-state index in [1.807, 2.05) is 0 Å². The molecule has 0 aliphatic carbocycles. The summed E-state index contributed by atoms with van der Waals surface area (Å²) in [7, 11) is 1.51. The zero-order valence-electron chi connectivity index (χ0n) is 27.3. The lowest BCUT2D eigenvalue weighted by atomic mass is 9.90. The Bertz CT molecular complexity index is 1060. The van der Waals surface area contributed by atoms with Crippen LogP contribution in [-0.2, 0) is 7.05 Å². The number of aryl methyl sites for hydroxylation is 4. The number of pyridine rings is 1. The Hall–Kier alpha value is -1.63. The molecule has 0 saturated carbocycles. The van der Waals surface area contributed by atoms with Crippen molar-refractivity contribution in [1.82, 2.24) is 0 Å². The molecular formula is C21H30N+. The number of rotatable bonds is 3. The minimum atomic E-state index is -2.88. The van der Waals surface area contributed by atoms with Gasteiger partial charge in [-0.15, -0.1) is 0 Å². The predicted molar refractivity (Wildman–Crippen MR) is 95.4 cm³/mol. The van der Waals surface area contributed by atoms with Crippen LogP contribution in [0.25, 0.3) is 11.3 Å². The molecule has 1 aromatic heterocycles. The third-order valence-electron chi connectivity index (χ3n) is 3.72. The van der Waals surface area contributed by atoms with Gasteiger partial charge in [-0.3, -0.25) is 0 Å². The van der Waals surface area contributed by atoms with Crippen molar-refractivity contribution in [1.29, 1.82) is 0 Å². The maximum atomic E-state index is 8.56. The zero-order chi connectivity index (χ0) is 28.4. The van der Waals surface area contributed by atoms with Gasteiger partial charge in [-0.25, -0.2) is 4.57 Å². The topological polar surface area (TPSA) is 3.88 Å². The first kappa shape index (κ1) is 6.11. The molecule has 0 N–H and O–H groups in total. The molecule has 0 amide bonds. The van der Waals surface area contributed by atoms with Crippen LogP contribution in [0.3, 0.4) is 0 Å². The van der Waals surface area contributed by atoms with Crippen molar-refractivity contribution in [3.63, 3.8) is 0 Å². The maximum absolute atomic E-state index is 8.56. The number of nitrogens with zero attached hydrogens (tertiary/aromatic N) is 1. The fraction of sp³-hybridized carbons (Fsp3) is 0.476. The summed E-state index contributed by atoms with van der Waals surface area (Å²) < 4.78 is 113. The molecule has 118 valence electrons. The summed E-state index contributed by atoms with van der Waals surface area (Å²) in [6.45, 7) is -7.43. The van der Waals surface area contributed by atoms with Crippen molar-refractivity contribution in [2.24, 2.45) is 7.05 Å². The molecule has 0 aliphatic rings. The quantitative estimate of drug-likeness (QED) is 0.673. The highest BCUT2D eigenvalue weighted by Crippen LogP contribution is 2.30. The first-order valence-corrected chi connectivity index (χ1v) is 6.95. The lowest BCUT2D eigenvalue weighted by molar-refractivity contribution is -0.660. The van der Waals surface area contributed by atoms with Gasteiger partial charge in [0.05, 0.1) is 0 Å². The molecule has 2 unspecified atom stereocenters. The highest BCUT2D eigenvalue weighted by molar-refractivity contribution is 5.64. The van der Waals surface area contributed by atoms with E-state index in [4.69, 9.17) is 19.2 Å². The average Bonchev–Trinajstić information content (AvgIpc) is 2.64. The molecule has 0 spiro atoms. The highest BCUT2D eigenvalue weighted by atomic mass is 14.9. The second-order valence-electron chi connectivity index (χ2n) is 5.56. The molecule has 1 aromatic carbocycles. The van der Waals surface area contributed by atoms with Crippen molar-refractivity contribution in [3.05, 3.63) is 52.2 Å². The molecule has 1 heteroatoms. The fourth-order valence-electron chi connectivity index (χ4n) is 2.52. The minimum Gasteiger partial charge on any atom is -0.201 e. The summed E-state index contributed by atoms with van der Waals surface area (Å²) in [6, 6.07) is 3.82. The van der Waals surface area contributed by atoms with Crippen LogP contribution in [0.5, 0.6) is 0 Å². The van der Waals surface area contributed by atoms with Crippen molar-refractivity contribution < 1.29 is 23.8 Å². The van der Waals surface area contributed by atoms with Crippen LogP contribution < -0.4 is 4.57 Å². The Kier molecular flexibility index (Phi) is 1.73. The summed E-state index contributed by atoms with van der Waals surface area (Å²) in [6.07, 6.45) is 1.20. The first-order valence-electron chi connectivity index (χ1n) is 13.9. The Balaban J connectivity index is 3.06. The van der Waals surface area contributed by atoms with Gasteiger partial charge in [0, 0.05) is 36.4 Å². The van der Waals surface area contributed by atoms with Crippen molar-refractivity contribution in [3.8, 4) is 11.3 Å². The van der Waals surface area contributed by atoms with Gasteiger partial charge in [0.1, 0.15) is 7.05 Å². The van der Waals surface area contributed by atoms with E-state index in [2.05, 4.69) is 0 Å². The van der Waals surface area contributed by atoms with Crippen molar-refractivity contribution in [2.75, 3.05) is 0 Å². The van der Waals surface area contributed by atoms with Gasteiger partial charge in [-0.1, -0.05) is 33.6 Å².